The standard InChI is InChI=1S/C19H17ClN2O5/c1-3-7-25-18(23)13(10-21)15-12-9-11(20)5-6-14(12)27-17(22)16(15)19(24)26-8-4-2/h3-6,9,13,15H,1-2,7-8,22H2/t13-,15+/m0/s1. The number of carbonyl (C=O) groups excluding carboxylic acids is 2. The van der Waals surface area contributed by atoms with Crippen LogP contribution < -0.4 is 10.5 Å². The Morgan fingerprint density at radius 2 is 2.00 bits per heavy atom. The molecular formula is C19H17ClN2O5. The number of nitriles is 1. The van der Waals surface area contributed by atoms with Gasteiger partial charge in [-0.3, -0.25) is 4.79 Å². The summed E-state index contributed by atoms with van der Waals surface area (Å²) >= 11 is 6.06. The Balaban J connectivity index is 2.57. The van der Waals surface area contributed by atoms with Crippen LogP contribution in [0.1, 0.15) is 11.5 Å². The summed E-state index contributed by atoms with van der Waals surface area (Å²) < 4.78 is 15.5. The summed E-state index contributed by atoms with van der Waals surface area (Å²) in [6.07, 6.45) is 2.74. The molecule has 7 nitrogen and oxygen atoms in total. The van der Waals surface area contributed by atoms with Crippen LogP contribution >= 0.6 is 11.6 Å². The number of fused-ring (bicyclic) bond motifs is 1. The summed E-state index contributed by atoms with van der Waals surface area (Å²) in [5, 5.41) is 9.95. The van der Waals surface area contributed by atoms with E-state index in [0.29, 0.717) is 10.6 Å². The molecule has 1 aromatic rings. The lowest BCUT2D eigenvalue weighted by Gasteiger charge is -2.29. The van der Waals surface area contributed by atoms with Crippen molar-refractivity contribution in [1.29, 1.82) is 5.26 Å². The van der Waals surface area contributed by atoms with E-state index in [-0.39, 0.29) is 30.4 Å². The molecule has 1 aliphatic heterocycles. The summed E-state index contributed by atoms with van der Waals surface area (Å²) in [6.45, 7) is 6.76. The number of esters is 2. The molecular weight excluding hydrogens is 372 g/mol. The number of carbonyl (C=O) groups is 2. The zero-order valence-corrected chi connectivity index (χ0v) is 15.1. The van der Waals surface area contributed by atoms with Crippen LogP contribution in [0.25, 0.3) is 0 Å². The molecule has 0 aliphatic carbocycles. The summed E-state index contributed by atoms with van der Waals surface area (Å²) in [6, 6.07) is 6.47. The highest BCUT2D eigenvalue weighted by atomic mass is 35.5. The molecule has 1 aromatic carbocycles. The van der Waals surface area contributed by atoms with E-state index < -0.39 is 23.8 Å². The van der Waals surface area contributed by atoms with Gasteiger partial charge in [0.2, 0.25) is 5.88 Å². The fourth-order valence-electron chi connectivity index (χ4n) is 2.62. The van der Waals surface area contributed by atoms with E-state index >= 15 is 0 Å². The van der Waals surface area contributed by atoms with Crippen LogP contribution in [0.4, 0.5) is 0 Å². The second kappa shape index (κ2) is 8.92. The van der Waals surface area contributed by atoms with Gasteiger partial charge < -0.3 is 19.9 Å². The predicted octanol–water partition coefficient (Wildman–Crippen LogP) is 2.58. The average Bonchev–Trinajstić information content (AvgIpc) is 2.65. The van der Waals surface area contributed by atoms with Crippen molar-refractivity contribution in [3.8, 4) is 11.8 Å². The third-order valence-corrected chi connectivity index (χ3v) is 3.96. The van der Waals surface area contributed by atoms with E-state index in [1.165, 1.54) is 24.3 Å². The first-order valence-electron chi connectivity index (χ1n) is 7.86. The first kappa shape index (κ1) is 20.1. The van der Waals surface area contributed by atoms with E-state index in [4.69, 9.17) is 31.5 Å². The number of nitrogens with two attached hydrogens (primary N) is 1. The third kappa shape index (κ3) is 4.30. The lowest BCUT2D eigenvalue weighted by atomic mass is 9.79. The van der Waals surface area contributed by atoms with Crippen LogP contribution in [0.3, 0.4) is 0 Å². The van der Waals surface area contributed by atoms with Gasteiger partial charge in [0.15, 0.2) is 5.92 Å². The maximum Gasteiger partial charge on any atom is 0.340 e. The van der Waals surface area contributed by atoms with Crippen molar-refractivity contribution in [1.82, 2.24) is 0 Å². The van der Waals surface area contributed by atoms with E-state index in [1.807, 2.05) is 6.07 Å². The van der Waals surface area contributed by atoms with Crippen molar-refractivity contribution in [2.45, 2.75) is 5.92 Å². The lowest BCUT2D eigenvalue weighted by Crippen LogP contribution is -2.34. The van der Waals surface area contributed by atoms with Crippen LogP contribution in [0.2, 0.25) is 5.02 Å². The Hall–Kier alpha value is -3.24. The van der Waals surface area contributed by atoms with Crippen molar-refractivity contribution in [2.24, 2.45) is 11.7 Å². The predicted molar refractivity (Wildman–Crippen MR) is 97.4 cm³/mol. The van der Waals surface area contributed by atoms with Gasteiger partial charge in [0.05, 0.1) is 12.0 Å². The second-order valence-electron chi connectivity index (χ2n) is 5.45. The molecule has 1 aliphatic rings. The Kier molecular flexibility index (Phi) is 6.63. The molecule has 0 amide bonds. The number of hydrogen-bond acceptors (Lipinski definition) is 7. The smallest absolute Gasteiger partial charge is 0.340 e. The maximum absolute atomic E-state index is 12.5. The van der Waals surface area contributed by atoms with E-state index in [9.17, 15) is 14.9 Å². The molecule has 2 rings (SSSR count). The van der Waals surface area contributed by atoms with Gasteiger partial charge in [-0.1, -0.05) is 36.9 Å². The van der Waals surface area contributed by atoms with Gasteiger partial charge in [-0.25, -0.2) is 4.79 Å². The molecule has 1 heterocycles. The van der Waals surface area contributed by atoms with Crippen molar-refractivity contribution >= 4 is 23.5 Å². The van der Waals surface area contributed by atoms with Gasteiger partial charge in [-0.05, 0) is 18.2 Å². The Morgan fingerprint density at radius 3 is 2.63 bits per heavy atom. The van der Waals surface area contributed by atoms with E-state index in [1.54, 1.807) is 6.07 Å². The average molecular weight is 389 g/mol. The van der Waals surface area contributed by atoms with Gasteiger partial charge in [0.25, 0.3) is 0 Å². The van der Waals surface area contributed by atoms with Crippen LogP contribution in [0.15, 0.2) is 55.0 Å². The highest BCUT2D eigenvalue weighted by Crippen LogP contribution is 2.44. The van der Waals surface area contributed by atoms with E-state index in [0.717, 1.165) is 0 Å². The van der Waals surface area contributed by atoms with E-state index in [2.05, 4.69) is 13.2 Å². The SMILES string of the molecule is C=CCOC(=O)C1=C(N)Oc2ccc(Cl)cc2[C@@H]1[C@H](C#N)C(=O)OCC=C. The molecule has 0 aromatic heterocycles. The quantitative estimate of drug-likeness (QED) is 0.564. The maximum atomic E-state index is 12.5. The largest absolute Gasteiger partial charge is 0.460 e. The molecule has 0 fully saturated rings. The fraction of sp³-hybridized carbons (Fsp3) is 0.211. The second-order valence-corrected chi connectivity index (χ2v) is 5.89. The highest BCUT2D eigenvalue weighted by molar-refractivity contribution is 6.30. The molecule has 0 saturated heterocycles. The molecule has 0 unspecified atom stereocenters. The topological polar surface area (TPSA) is 112 Å². The molecule has 8 heteroatoms. The van der Waals surface area contributed by atoms with Crippen LogP contribution in [0, 0.1) is 17.2 Å². The third-order valence-electron chi connectivity index (χ3n) is 3.73. The Bertz CT molecular complexity index is 856. The number of rotatable bonds is 7. The minimum absolute atomic E-state index is 0.0805. The van der Waals surface area contributed by atoms with Crippen molar-refractivity contribution in [3.05, 3.63) is 65.6 Å². The van der Waals surface area contributed by atoms with Crippen molar-refractivity contribution < 1.29 is 23.8 Å². The van der Waals surface area contributed by atoms with Crippen molar-refractivity contribution in [2.75, 3.05) is 13.2 Å². The molecule has 2 atom stereocenters. The van der Waals surface area contributed by atoms with Crippen LogP contribution in [0.5, 0.6) is 5.75 Å². The first-order valence-corrected chi connectivity index (χ1v) is 8.24. The molecule has 2 N–H and O–H groups in total. The first-order chi connectivity index (χ1) is 12.9. The van der Waals surface area contributed by atoms with Crippen molar-refractivity contribution in [3.63, 3.8) is 0 Å². The normalized spacial score (nSPS) is 16.2. The zero-order chi connectivity index (χ0) is 20.0. The van der Waals surface area contributed by atoms with Crippen LogP contribution in [-0.2, 0) is 19.1 Å². The summed E-state index contributed by atoms with van der Waals surface area (Å²) in [5.41, 5.74) is 6.10. The number of nitrogens with zero attached hydrogens (tertiary/aromatic N) is 1. The molecule has 0 saturated carbocycles. The lowest BCUT2D eigenvalue weighted by molar-refractivity contribution is -0.146. The zero-order valence-electron chi connectivity index (χ0n) is 14.3. The Labute approximate surface area is 161 Å². The number of hydrogen-bond donors (Lipinski definition) is 1. The van der Waals surface area contributed by atoms with Crippen LogP contribution in [-0.4, -0.2) is 25.2 Å². The summed E-state index contributed by atoms with van der Waals surface area (Å²) in [7, 11) is 0. The number of ether oxygens (including phenoxy) is 3. The summed E-state index contributed by atoms with van der Waals surface area (Å²) in [4.78, 5) is 24.9. The molecule has 0 radical (unpaired) electrons. The number of halogens is 1. The van der Waals surface area contributed by atoms with Gasteiger partial charge in [-0.2, -0.15) is 5.26 Å². The molecule has 27 heavy (non-hydrogen) atoms. The molecule has 0 spiro atoms. The fourth-order valence-corrected chi connectivity index (χ4v) is 2.80. The molecule has 140 valence electrons. The van der Waals surface area contributed by atoms with Gasteiger partial charge in [0.1, 0.15) is 24.5 Å². The summed E-state index contributed by atoms with van der Waals surface area (Å²) in [5.74, 6) is -4.11. The minimum atomic E-state index is -1.38. The monoisotopic (exact) mass is 388 g/mol. The minimum Gasteiger partial charge on any atom is -0.460 e. The van der Waals surface area contributed by atoms with Gasteiger partial charge >= 0.3 is 11.9 Å². The van der Waals surface area contributed by atoms with Gasteiger partial charge in [0, 0.05) is 10.6 Å². The molecule has 0 bridgehead atoms. The number of benzene rings is 1. The van der Waals surface area contributed by atoms with Gasteiger partial charge in [-0.15, -0.1) is 0 Å². The highest BCUT2D eigenvalue weighted by Gasteiger charge is 2.43. The Morgan fingerprint density at radius 1 is 1.33 bits per heavy atom.